The minimum atomic E-state index is -1.34. The van der Waals surface area contributed by atoms with E-state index in [0.717, 1.165) is 0 Å². The third kappa shape index (κ3) is 2.79. The van der Waals surface area contributed by atoms with Crippen molar-refractivity contribution < 1.29 is 54.8 Å². The van der Waals surface area contributed by atoms with Gasteiger partial charge in [0.15, 0.2) is 12.4 Å². The smallest absolute Gasteiger partial charge is 1.00 e. The average Bonchev–Trinajstić information content (AvgIpc) is 2.32. The van der Waals surface area contributed by atoms with Crippen molar-refractivity contribution in [3.8, 4) is 0 Å². The zero-order valence-corrected chi connectivity index (χ0v) is 9.53. The maximum atomic E-state index is 10.9. The van der Waals surface area contributed by atoms with Crippen LogP contribution in [0.15, 0.2) is 0 Å². The number of hydrogen-bond acceptors (Lipinski definition) is 5. The van der Waals surface area contributed by atoms with E-state index in [0.29, 0.717) is 0 Å². The Kier molecular flexibility index (Phi) is 5.20. The van der Waals surface area contributed by atoms with Gasteiger partial charge in [-0.2, -0.15) is 0 Å². The molecule has 0 spiro atoms. The molecule has 1 unspecified atom stereocenters. The van der Waals surface area contributed by atoms with Gasteiger partial charge in [-0.1, -0.05) is 0 Å². The fraction of sp³-hybridized carbons (Fsp3) is 0.571. The summed E-state index contributed by atoms with van der Waals surface area (Å²) in [5, 5.41) is 0. The second kappa shape index (κ2) is 5.36. The molecule has 0 saturated carbocycles. The van der Waals surface area contributed by atoms with Gasteiger partial charge in [-0.25, -0.2) is 0 Å². The van der Waals surface area contributed by atoms with Gasteiger partial charge in [-0.05, 0) is 6.92 Å². The van der Waals surface area contributed by atoms with Gasteiger partial charge in [0.2, 0.25) is 5.92 Å². The zero-order chi connectivity index (χ0) is 9.14. The number of hydrogen-bond donors (Lipinski definition) is 0. The van der Waals surface area contributed by atoms with Crippen LogP contribution in [0.25, 0.3) is 0 Å². The Bertz CT molecular complexity index is 226. The van der Waals surface area contributed by atoms with E-state index in [-0.39, 0.29) is 44.2 Å². The molecule has 1 saturated heterocycles. The van der Waals surface area contributed by atoms with Gasteiger partial charge < -0.3 is 10.9 Å². The molecular weight excluding hydrogens is 187 g/mol. The molecule has 1 rings (SSSR count). The van der Waals surface area contributed by atoms with Crippen LogP contribution in [-0.4, -0.2) is 30.9 Å². The van der Waals surface area contributed by atoms with E-state index in [1.54, 1.807) is 6.92 Å². The predicted molar refractivity (Wildman–Crippen MR) is 37.2 cm³/mol. The molecule has 5 nitrogen and oxygen atoms in total. The van der Waals surface area contributed by atoms with E-state index in [9.17, 15) is 14.4 Å². The number of esters is 2. The Morgan fingerprint density at radius 1 is 1.69 bits per heavy atom. The molecule has 0 aromatic rings. The summed E-state index contributed by atoms with van der Waals surface area (Å²) < 4.78 is 8.86. The zero-order valence-electron chi connectivity index (χ0n) is 8.53. The third-order valence-corrected chi connectivity index (χ3v) is 1.44. The number of carbonyl (C=O) groups is 3. The minimum absolute atomic E-state index is 0. The first-order valence-corrected chi connectivity index (χ1v) is 3.52. The van der Waals surface area contributed by atoms with E-state index in [1.807, 2.05) is 0 Å². The van der Waals surface area contributed by atoms with Crippen LogP contribution in [0.5, 0.6) is 0 Å². The second-order valence-electron chi connectivity index (χ2n) is 2.26. The number of ketones is 1. The standard InChI is InChI=1S/C7H8O5.Na.H/c1-2-11-6(9)5-4(8)3-12-7(5)10;;/h5H,2-3H2,1H3;;/q;+1;-1. The molecular formula is C7H9NaO5. The van der Waals surface area contributed by atoms with Crippen LogP contribution in [0.1, 0.15) is 8.35 Å². The molecule has 0 aromatic carbocycles. The van der Waals surface area contributed by atoms with Crippen LogP contribution in [0.4, 0.5) is 0 Å². The van der Waals surface area contributed by atoms with Crippen LogP contribution in [0, 0.1) is 5.92 Å². The van der Waals surface area contributed by atoms with E-state index in [2.05, 4.69) is 9.47 Å². The average molecular weight is 196 g/mol. The Morgan fingerprint density at radius 2 is 2.31 bits per heavy atom. The van der Waals surface area contributed by atoms with Crippen LogP contribution in [0.3, 0.4) is 0 Å². The van der Waals surface area contributed by atoms with Gasteiger partial charge in [0.25, 0.3) is 0 Å². The van der Waals surface area contributed by atoms with Crippen LogP contribution < -0.4 is 29.6 Å². The Labute approximate surface area is 98.5 Å². The van der Waals surface area contributed by atoms with E-state index in [1.165, 1.54) is 0 Å². The van der Waals surface area contributed by atoms with E-state index in [4.69, 9.17) is 0 Å². The molecule has 6 heteroatoms. The summed E-state index contributed by atoms with van der Waals surface area (Å²) in [4.78, 5) is 32.5. The Balaban J connectivity index is 0. The van der Waals surface area contributed by atoms with E-state index >= 15 is 0 Å². The van der Waals surface area contributed by atoms with Crippen molar-refractivity contribution in [3.63, 3.8) is 0 Å². The summed E-state index contributed by atoms with van der Waals surface area (Å²) >= 11 is 0. The van der Waals surface area contributed by atoms with Crippen molar-refractivity contribution in [2.24, 2.45) is 5.92 Å². The maximum absolute atomic E-state index is 10.9. The van der Waals surface area contributed by atoms with Crippen LogP contribution in [-0.2, 0) is 23.9 Å². The first-order valence-electron chi connectivity index (χ1n) is 3.52. The molecule has 1 fully saturated rings. The summed E-state index contributed by atoms with van der Waals surface area (Å²) in [6.07, 6.45) is 0. The fourth-order valence-electron chi connectivity index (χ4n) is 0.894. The number of Topliss-reactive ketones (excluding diaryl/α,β-unsaturated/α-hetero) is 1. The maximum Gasteiger partial charge on any atom is 1.00 e. The first-order chi connectivity index (χ1) is 5.66. The van der Waals surface area contributed by atoms with Crippen molar-refractivity contribution in [3.05, 3.63) is 0 Å². The topological polar surface area (TPSA) is 69.7 Å². The largest absolute Gasteiger partial charge is 1.00 e. The molecule has 1 aliphatic rings. The van der Waals surface area contributed by atoms with Gasteiger partial charge in [0.05, 0.1) is 6.61 Å². The monoisotopic (exact) mass is 196 g/mol. The molecule has 0 amide bonds. The number of cyclic esters (lactones) is 1. The van der Waals surface area contributed by atoms with Crippen molar-refractivity contribution in [1.82, 2.24) is 0 Å². The second-order valence-corrected chi connectivity index (χ2v) is 2.26. The summed E-state index contributed by atoms with van der Waals surface area (Å²) in [5.41, 5.74) is 0. The molecule has 0 aliphatic carbocycles. The SMILES string of the molecule is CCOC(=O)C1C(=O)COC1=O.[H-].[Na+]. The van der Waals surface area contributed by atoms with Crippen molar-refractivity contribution in [2.75, 3.05) is 13.2 Å². The van der Waals surface area contributed by atoms with Crippen molar-refractivity contribution in [2.45, 2.75) is 6.92 Å². The quantitative estimate of drug-likeness (QED) is 0.259. The van der Waals surface area contributed by atoms with E-state index < -0.39 is 23.6 Å². The summed E-state index contributed by atoms with van der Waals surface area (Å²) in [6, 6.07) is 0. The first kappa shape index (κ1) is 12.6. The normalized spacial score (nSPS) is 20.5. The number of ether oxygens (including phenoxy) is 2. The summed E-state index contributed by atoms with van der Waals surface area (Å²) in [7, 11) is 0. The van der Waals surface area contributed by atoms with Gasteiger partial charge >= 0.3 is 41.5 Å². The molecule has 0 N–H and O–H groups in total. The summed E-state index contributed by atoms with van der Waals surface area (Å²) in [6.45, 7) is 1.43. The van der Waals surface area contributed by atoms with Gasteiger partial charge in [-0.15, -0.1) is 0 Å². The molecule has 0 aromatic heterocycles. The Morgan fingerprint density at radius 3 is 2.69 bits per heavy atom. The summed E-state index contributed by atoms with van der Waals surface area (Å²) in [5.74, 6) is -3.49. The molecule has 13 heavy (non-hydrogen) atoms. The fourth-order valence-corrected chi connectivity index (χ4v) is 0.894. The molecule has 1 heterocycles. The van der Waals surface area contributed by atoms with Crippen molar-refractivity contribution in [1.29, 1.82) is 0 Å². The predicted octanol–water partition coefficient (Wildman–Crippen LogP) is -3.59. The molecule has 0 radical (unpaired) electrons. The van der Waals surface area contributed by atoms with Gasteiger partial charge in [0, 0.05) is 0 Å². The minimum Gasteiger partial charge on any atom is -1.00 e. The molecule has 68 valence electrons. The van der Waals surface area contributed by atoms with Crippen LogP contribution in [0.2, 0.25) is 0 Å². The Hall–Kier alpha value is -0.390. The third-order valence-electron chi connectivity index (χ3n) is 1.44. The van der Waals surface area contributed by atoms with Gasteiger partial charge in [0.1, 0.15) is 0 Å². The van der Waals surface area contributed by atoms with Crippen molar-refractivity contribution >= 4 is 17.7 Å². The molecule has 0 bridgehead atoms. The number of carbonyl (C=O) groups excluding carboxylic acids is 3. The molecule has 1 aliphatic heterocycles. The number of rotatable bonds is 2. The van der Waals surface area contributed by atoms with Crippen LogP contribution >= 0.6 is 0 Å². The molecule has 1 atom stereocenters. The van der Waals surface area contributed by atoms with Gasteiger partial charge in [-0.3, -0.25) is 14.4 Å².